The third-order valence-corrected chi connectivity index (χ3v) is 23.7. The number of likely N-dealkylation sites (tertiary alicyclic amines) is 7. The molecule has 0 spiro atoms. The average molecular weight is 1930 g/mol. The third kappa shape index (κ3) is 81.1. The summed E-state index contributed by atoms with van der Waals surface area (Å²) < 4.78 is 130. The summed E-state index contributed by atoms with van der Waals surface area (Å²) in [6.07, 6.45) is 19.2. The topological polar surface area (TPSA) is 244 Å². The number of methoxy groups -OCH3 is 4. The molecule has 804 valence electrons. The van der Waals surface area contributed by atoms with Gasteiger partial charge in [-0.25, -0.2) is 0 Å². The van der Waals surface area contributed by atoms with Gasteiger partial charge >= 0.3 is 0 Å². The minimum Gasteiger partial charge on any atom is -0.382 e. The Morgan fingerprint density at radius 1 is 0.201 bits per heavy atom. The van der Waals surface area contributed by atoms with Crippen LogP contribution >= 0.6 is 0 Å². The van der Waals surface area contributed by atoms with Crippen LogP contribution in [0.25, 0.3) is 0 Å². The van der Waals surface area contributed by atoms with Crippen molar-refractivity contribution in [1.29, 1.82) is 0 Å². The minimum absolute atomic E-state index is 0.389. The largest absolute Gasteiger partial charge is 0.382 e. The highest BCUT2D eigenvalue weighted by atomic mass is 16.6. The first kappa shape index (κ1) is 131. The molecule has 7 rings (SSSR count). The summed E-state index contributed by atoms with van der Waals surface area (Å²) in [6, 6.07) is 1.39. The second-order valence-electron chi connectivity index (χ2n) is 38.0. The molecule has 0 N–H and O–H groups in total. The summed E-state index contributed by atoms with van der Waals surface area (Å²) in [6.45, 7) is 77.7. The van der Waals surface area contributed by atoms with E-state index in [4.69, 9.17) is 114 Å². The zero-order chi connectivity index (χ0) is 98.2. The van der Waals surface area contributed by atoms with Crippen LogP contribution in [0.1, 0.15) is 194 Å². The number of hydrogen-bond acceptors (Lipinski definition) is 31. The first-order valence-corrected chi connectivity index (χ1v) is 52.9. The standard InChI is InChI=1S/C20H41NO6.2C15H31NO3.2C14H29NO3.C13H27NO3.C12H25NO3/c1-19(2)18-21-6-4-20(5-7-21)27-17-16-26-15-14-25-13-12-24-11-10-23-9-8-22-3;2*1-4-17-9-10-18-11-12-19-15-5-7-16(8-6-15)13-14(2)3;2*1-13(2)12-15-6-4-14(5-7-15)18-11-10-17-9-8-16-3;1-4-12-10-13(11-14(12)3)17-9-8-16-7-6-15-5-2;1-4-11-9-12(10-13(11)2)16-8-7-15-6-5-14-3/h19-20H,4-18H2,1-3H3;2*14-15H,4-13H2,1-3H3;2*13-14H,4-12H2,1-3H3;12-13H,4-11H2,1-3H3;11-12H,4-10H2,1-3H3/t;;;;;12-,13-;11-,12-/m.....11/s1. The van der Waals surface area contributed by atoms with Gasteiger partial charge in [0, 0.05) is 172 Å². The van der Waals surface area contributed by atoms with Gasteiger partial charge in [0.05, 0.1) is 267 Å². The number of likely N-dealkylation sites (N-methyl/N-ethyl adjacent to an activating group) is 2. The van der Waals surface area contributed by atoms with Crippen LogP contribution in [0.4, 0.5) is 0 Å². The Morgan fingerprint density at radius 2 is 0.351 bits per heavy atom. The van der Waals surface area contributed by atoms with Gasteiger partial charge in [-0.3, -0.25) is 0 Å². The van der Waals surface area contributed by atoms with E-state index in [1.54, 1.807) is 28.4 Å². The SMILES string of the molecule is CCOCCOCCOC1CCN(CC(C)C)CC1.CCOCCOCCOC1CCN(CC(C)C)CC1.CCOCCOCCO[C@@H]1C[C@@H](CC)N(C)C1.CC[C@@H]1C[C@@H](OCCOCCOC)CN1C.COCCOCCOC1CCN(CC(C)C)CC1.COCCOCCOC1CCN(CC(C)C)CC1.COCCOCCOCCOCCOCCOC1CCN(CC(C)C)CC1. The molecule has 0 amide bonds. The molecular formula is C103H213N7O24. The molecule has 7 aliphatic rings. The number of nitrogens with zero attached hydrogens (tertiary/aromatic N) is 7. The smallest absolute Gasteiger partial charge is 0.0718 e. The van der Waals surface area contributed by atoms with Crippen molar-refractivity contribution in [1.82, 2.24) is 34.3 Å². The van der Waals surface area contributed by atoms with E-state index in [0.29, 0.717) is 279 Å². The number of rotatable bonds is 73. The fourth-order valence-electron chi connectivity index (χ4n) is 16.8. The van der Waals surface area contributed by atoms with E-state index in [1.165, 1.54) is 97.9 Å². The zero-order valence-corrected chi connectivity index (χ0v) is 90.1. The molecule has 4 atom stereocenters. The monoisotopic (exact) mass is 1930 g/mol. The molecule has 7 aliphatic heterocycles. The van der Waals surface area contributed by atoms with Gasteiger partial charge in [-0.15, -0.1) is 0 Å². The Kier molecular flexibility index (Phi) is 93.0. The van der Waals surface area contributed by atoms with Gasteiger partial charge in [0.25, 0.3) is 0 Å². The average Bonchev–Trinajstić information content (AvgIpc) is 1.72. The van der Waals surface area contributed by atoms with Crippen LogP contribution in [0, 0.1) is 29.6 Å². The van der Waals surface area contributed by atoms with Gasteiger partial charge in [0.1, 0.15) is 0 Å². The number of hydrogen-bond donors (Lipinski definition) is 0. The van der Waals surface area contributed by atoms with Crippen molar-refractivity contribution in [2.24, 2.45) is 29.6 Å². The summed E-state index contributed by atoms with van der Waals surface area (Å²) in [5.74, 6) is 3.78. The molecule has 7 fully saturated rings. The molecule has 0 aromatic carbocycles. The maximum absolute atomic E-state index is 5.91. The maximum atomic E-state index is 5.91. The fraction of sp³-hybridized carbons (Fsp3) is 1.00. The van der Waals surface area contributed by atoms with Crippen molar-refractivity contribution in [3.63, 3.8) is 0 Å². The molecule has 0 unspecified atom stereocenters. The summed E-state index contributed by atoms with van der Waals surface area (Å²) in [7, 11) is 11.1. The van der Waals surface area contributed by atoms with E-state index in [0.717, 1.165) is 153 Å². The first-order chi connectivity index (χ1) is 65.1. The van der Waals surface area contributed by atoms with Crippen molar-refractivity contribution in [2.45, 2.75) is 249 Å². The van der Waals surface area contributed by atoms with Gasteiger partial charge in [0.2, 0.25) is 0 Å². The Balaban J connectivity index is 0.000000787. The Morgan fingerprint density at radius 3 is 0.493 bits per heavy atom. The highest BCUT2D eigenvalue weighted by Crippen LogP contribution is 2.24. The highest BCUT2D eigenvalue weighted by Gasteiger charge is 2.31. The lowest BCUT2D eigenvalue weighted by Gasteiger charge is -2.32. The van der Waals surface area contributed by atoms with E-state index < -0.39 is 0 Å². The number of piperidine rings is 5. The van der Waals surface area contributed by atoms with Crippen molar-refractivity contribution in [3.8, 4) is 0 Å². The molecule has 134 heavy (non-hydrogen) atoms. The molecule has 0 radical (unpaired) electrons. The van der Waals surface area contributed by atoms with E-state index in [9.17, 15) is 0 Å². The summed E-state index contributed by atoms with van der Waals surface area (Å²) in [4.78, 5) is 17.5. The molecule has 0 aromatic rings. The molecule has 0 saturated carbocycles. The molecule has 0 aromatic heterocycles. The lowest BCUT2D eigenvalue weighted by molar-refractivity contribution is -0.0373. The quantitative estimate of drug-likeness (QED) is 0.0514. The van der Waals surface area contributed by atoms with Crippen molar-refractivity contribution >= 4 is 0 Å². The normalized spacial score (nSPS) is 19.9. The Bertz CT molecular complexity index is 2250. The van der Waals surface area contributed by atoms with Crippen LogP contribution in [0.15, 0.2) is 0 Å². The zero-order valence-electron chi connectivity index (χ0n) is 90.1. The molecular weight excluding hydrogens is 1720 g/mol. The minimum atomic E-state index is 0.389. The summed E-state index contributed by atoms with van der Waals surface area (Å²) >= 11 is 0. The van der Waals surface area contributed by atoms with Crippen LogP contribution in [-0.2, 0) is 114 Å². The van der Waals surface area contributed by atoms with E-state index in [1.807, 2.05) is 20.8 Å². The van der Waals surface area contributed by atoms with Crippen molar-refractivity contribution in [3.05, 3.63) is 0 Å². The first-order valence-electron chi connectivity index (χ1n) is 52.9. The van der Waals surface area contributed by atoms with E-state index in [-0.39, 0.29) is 0 Å². The molecule has 0 aliphatic carbocycles. The van der Waals surface area contributed by atoms with Gasteiger partial charge in [-0.1, -0.05) is 83.1 Å². The molecule has 7 saturated heterocycles. The summed E-state index contributed by atoms with van der Waals surface area (Å²) in [5, 5.41) is 0. The Labute approximate surface area is 820 Å². The molecule has 0 bridgehead atoms. The van der Waals surface area contributed by atoms with Gasteiger partial charge in [-0.05, 0) is 154 Å². The van der Waals surface area contributed by atoms with E-state index >= 15 is 0 Å². The van der Waals surface area contributed by atoms with Gasteiger partial charge in [0.15, 0.2) is 0 Å². The predicted octanol–water partition coefficient (Wildman–Crippen LogP) is 12.4. The highest BCUT2D eigenvalue weighted by molar-refractivity contribution is 4.85. The van der Waals surface area contributed by atoms with E-state index in [2.05, 4.69) is 131 Å². The maximum Gasteiger partial charge on any atom is 0.0718 e. The third-order valence-electron chi connectivity index (χ3n) is 23.7. The molecule has 31 nitrogen and oxygen atoms in total. The number of ether oxygens (including phenoxy) is 24. The van der Waals surface area contributed by atoms with Crippen molar-refractivity contribution < 1.29 is 114 Å². The van der Waals surface area contributed by atoms with Crippen LogP contribution in [-0.4, -0.2) is 487 Å². The predicted molar refractivity (Wildman–Crippen MR) is 539 cm³/mol. The van der Waals surface area contributed by atoms with Gasteiger partial charge < -0.3 is 148 Å². The fourth-order valence-corrected chi connectivity index (χ4v) is 16.8. The lowest BCUT2D eigenvalue weighted by atomic mass is 10.1. The molecule has 31 heteroatoms. The van der Waals surface area contributed by atoms with Crippen LogP contribution in [0.2, 0.25) is 0 Å². The Hall–Kier alpha value is -1.24. The van der Waals surface area contributed by atoms with Crippen LogP contribution in [0.3, 0.4) is 0 Å². The lowest BCUT2D eigenvalue weighted by Crippen LogP contribution is -2.39. The van der Waals surface area contributed by atoms with Crippen molar-refractivity contribution in [2.75, 3.05) is 398 Å². The van der Waals surface area contributed by atoms with Crippen LogP contribution in [0.5, 0.6) is 0 Å². The second-order valence-corrected chi connectivity index (χ2v) is 38.0. The second kappa shape index (κ2) is 95.3. The summed E-state index contributed by atoms with van der Waals surface area (Å²) in [5.41, 5.74) is 0. The van der Waals surface area contributed by atoms with Crippen LogP contribution < -0.4 is 0 Å². The van der Waals surface area contributed by atoms with Gasteiger partial charge in [-0.2, -0.15) is 0 Å². The molecule has 7 heterocycles.